The summed E-state index contributed by atoms with van der Waals surface area (Å²) in [4.78, 5) is 9.09. The van der Waals surface area contributed by atoms with E-state index in [2.05, 4.69) is 44.8 Å². The van der Waals surface area contributed by atoms with Gasteiger partial charge in [0, 0.05) is 12.1 Å². The first-order valence-corrected chi connectivity index (χ1v) is 7.70. The smallest absolute Gasteiger partial charge is 0.161 e. The van der Waals surface area contributed by atoms with Gasteiger partial charge in [-0.1, -0.05) is 6.92 Å². The summed E-state index contributed by atoms with van der Waals surface area (Å²) in [5.41, 5.74) is 2.56. The van der Waals surface area contributed by atoms with Crippen molar-refractivity contribution in [1.82, 2.24) is 9.97 Å². The molecule has 0 aliphatic rings. The molecule has 2 rings (SSSR count). The molecule has 1 aromatic heterocycles. The van der Waals surface area contributed by atoms with Crippen molar-refractivity contribution in [1.29, 1.82) is 0 Å². The Morgan fingerprint density at radius 3 is 2.55 bits per heavy atom. The van der Waals surface area contributed by atoms with Crippen LogP contribution in [0.3, 0.4) is 0 Å². The molecule has 0 radical (unpaired) electrons. The van der Waals surface area contributed by atoms with Gasteiger partial charge in [0.2, 0.25) is 0 Å². The second-order valence-corrected chi connectivity index (χ2v) is 5.64. The Hall–Kier alpha value is -1.24. The van der Waals surface area contributed by atoms with E-state index in [4.69, 9.17) is 0 Å². The fourth-order valence-electron chi connectivity index (χ4n) is 2.01. The lowest BCUT2D eigenvalue weighted by Crippen LogP contribution is -2.07. The van der Waals surface area contributed by atoms with E-state index in [0.29, 0.717) is 11.4 Å². The third-order valence-electron chi connectivity index (χ3n) is 2.90. The molecule has 2 aromatic rings. The summed E-state index contributed by atoms with van der Waals surface area (Å²) >= 11 is 2.25. The van der Waals surface area contributed by atoms with E-state index in [1.54, 1.807) is 0 Å². The van der Waals surface area contributed by atoms with Crippen LogP contribution in [0, 0.1) is 16.3 Å². The van der Waals surface area contributed by atoms with E-state index in [1.807, 2.05) is 19.9 Å². The summed E-state index contributed by atoms with van der Waals surface area (Å²) in [6.45, 7) is 6.74. The van der Waals surface area contributed by atoms with Crippen molar-refractivity contribution in [3.8, 4) is 11.4 Å². The molecule has 5 heteroatoms. The van der Waals surface area contributed by atoms with Crippen LogP contribution in [0.15, 0.2) is 18.2 Å². The predicted molar refractivity (Wildman–Crippen MR) is 88.4 cm³/mol. The molecule has 1 heterocycles. The van der Waals surface area contributed by atoms with Crippen LogP contribution in [0.1, 0.15) is 25.1 Å². The van der Waals surface area contributed by atoms with Gasteiger partial charge in [0.15, 0.2) is 5.82 Å². The molecule has 3 nitrogen and oxygen atoms in total. The maximum atomic E-state index is 13.6. The summed E-state index contributed by atoms with van der Waals surface area (Å²) < 4.78 is 14.6. The molecule has 1 aromatic carbocycles. The van der Waals surface area contributed by atoms with Crippen LogP contribution in [-0.2, 0) is 6.42 Å². The van der Waals surface area contributed by atoms with E-state index >= 15 is 0 Å². The molecule has 0 saturated carbocycles. The minimum atomic E-state index is -0.259. The van der Waals surface area contributed by atoms with Gasteiger partial charge in [-0.3, -0.25) is 0 Å². The van der Waals surface area contributed by atoms with Crippen molar-refractivity contribution in [3.63, 3.8) is 0 Å². The Morgan fingerprint density at radius 1 is 1.20 bits per heavy atom. The third kappa shape index (κ3) is 3.26. The number of nitrogens with zero attached hydrogens (tertiary/aromatic N) is 2. The monoisotopic (exact) mass is 385 g/mol. The van der Waals surface area contributed by atoms with Gasteiger partial charge in [0.05, 0.1) is 9.26 Å². The van der Waals surface area contributed by atoms with Crippen molar-refractivity contribution in [2.45, 2.75) is 27.2 Å². The molecular formula is C15H17FIN3. The van der Waals surface area contributed by atoms with Crippen LogP contribution in [0.25, 0.3) is 11.4 Å². The first kappa shape index (κ1) is 15.2. The number of benzene rings is 1. The van der Waals surface area contributed by atoms with Gasteiger partial charge in [-0.25, -0.2) is 14.4 Å². The van der Waals surface area contributed by atoms with E-state index in [0.717, 1.165) is 33.6 Å². The fraction of sp³-hybridized carbons (Fsp3) is 0.333. The molecule has 106 valence electrons. The molecule has 0 aliphatic heterocycles. The Labute approximate surface area is 132 Å². The highest BCUT2D eigenvalue weighted by Crippen LogP contribution is 2.25. The van der Waals surface area contributed by atoms with E-state index in [1.165, 1.54) is 12.1 Å². The summed E-state index contributed by atoms with van der Waals surface area (Å²) in [6.07, 6.45) is 0.820. The second-order valence-electron chi connectivity index (χ2n) is 4.56. The van der Waals surface area contributed by atoms with Crippen molar-refractivity contribution < 1.29 is 4.39 Å². The second kappa shape index (κ2) is 6.47. The Morgan fingerprint density at radius 2 is 1.95 bits per heavy atom. The van der Waals surface area contributed by atoms with Crippen molar-refractivity contribution >= 4 is 28.4 Å². The quantitative estimate of drug-likeness (QED) is 0.803. The number of halogens is 2. The van der Waals surface area contributed by atoms with Gasteiger partial charge >= 0.3 is 0 Å². The summed E-state index contributed by atoms with van der Waals surface area (Å²) in [6, 6.07) is 4.88. The molecule has 0 bridgehead atoms. The van der Waals surface area contributed by atoms with Crippen LogP contribution in [0.5, 0.6) is 0 Å². The molecule has 0 atom stereocenters. The highest BCUT2D eigenvalue weighted by molar-refractivity contribution is 14.1. The Bertz CT molecular complexity index is 609. The zero-order valence-electron chi connectivity index (χ0n) is 11.8. The van der Waals surface area contributed by atoms with Crippen molar-refractivity contribution in [2.24, 2.45) is 0 Å². The van der Waals surface area contributed by atoms with Gasteiger partial charge in [-0.2, -0.15) is 0 Å². The standard InChI is InChI=1S/C15H17FIN3/c1-4-12-13(17)15(18-5-2)20-14(19-12)10-6-9(3)7-11(16)8-10/h6-8H,4-5H2,1-3H3,(H,18,19,20). The van der Waals surface area contributed by atoms with E-state index in [-0.39, 0.29) is 5.82 Å². The van der Waals surface area contributed by atoms with Crippen LogP contribution < -0.4 is 5.32 Å². The van der Waals surface area contributed by atoms with Gasteiger partial charge in [-0.05, 0) is 66.6 Å². The summed E-state index contributed by atoms with van der Waals surface area (Å²) in [7, 11) is 0. The normalized spacial score (nSPS) is 10.7. The number of anilines is 1. The minimum Gasteiger partial charge on any atom is -0.369 e. The van der Waals surface area contributed by atoms with Crippen LogP contribution in [-0.4, -0.2) is 16.5 Å². The number of hydrogen-bond donors (Lipinski definition) is 1. The lowest BCUT2D eigenvalue weighted by Gasteiger charge is -2.11. The number of aryl methyl sites for hydroxylation is 2. The lowest BCUT2D eigenvalue weighted by atomic mass is 10.1. The number of rotatable bonds is 4. The van der Waals surface area contributed by atoms with Crippen molar-refractivity contribution in [2.75, 3.05) is 11.9 Å². The average molecular weight is 385 g/mol. The van der Waals surface area contributed by atoms with Gasteiger partial charge in [0.25, 0.3) is 0 Å². The first-order chi connectivity index (χ1) is 9.55. The molecular weight excluding hydrogens is 368 g/mol. The van der Waals surface area contributed by atoms with Gasteiger partial charge in [-0.15, -0.1) is 0 Å². The molecule has 0 saturated heterocycles. The summed E-state index contributed by atoms with van der Waals surface area (Å²) in [5.74, 6) is 1.13. The van der Waals surface area contributed by atoms with Crippen LogP contribution in [0.2, 0.25) is 0 Å². The zero-order valence-corrected chi connectivity index (χ0v) is 14.0. The molecule has 0 unspecified atom stereocenters. The zero-order chi connectivity index (χ0) is 14.7. The minimum absolute atomic E-state index is 0.259. The van der Waals surface area contributed by atoms with Crippen molar-refractivity contribution in [3.05, 3.63) is 38.8 Å². The van der Waals surface area contributed by atoms with Crippen LogP contribution >= 0.6 is 22.6 Å². The SMILES string of the molecule is CCNc1nc(-c2cc(C)cc(F)c2)nc(CC)c1I. The Balaban J connectivity index is 2.58. The highest BCUT2D eigenvalue weighted by atomic mass is 127. The molecule has 0 spiro atoms. The molecule has 1 N–H and O–H groups in total. The largest absolute Gasteiger partial charge is 0.369 e. The molecule has 0 fully saturated rings. The number of aromatic nitrogens is 2. The lowest BCUT2D eigenvalue weighted by molar-refractivity contribution is 0.627. The van der Waals surface area contributed by atoms with Gasteiger partial charge < -0.3 is 5.32 Å². The molecule has 20 heavy (non-hydrogen) atoms. The maximum absolute atomic E-state index is 13.6. The predicted octanol–water partition coefficient (Wildman–Crippen LogP) is 4.19. The first-order valence-electron chi connectivity index (χ1n) is 6.63. The number of hydrogen-bond acceptors (Lipinski definition) is 3. The highest BCUT2D eigenvalue weighted by Gasteiger charge is 2.12. The third-order valence-corrected chi connectivity index (χ3v) is 4.03. The fourth-order valence-corrected chi connectivity index (χ4v) is 2.82. The van der Waals surface area contributed by atoms with E-state index in [9.17, 15) is 4.39 Å². The van der Waals surface area contributed by atoms with E-state index < -0.39 is 0 Å². The number of nitrogens with one attached hydrogen (secondary N) is 1. The van der Waals surface area contributed by atoms with Crippen LogP contribution in [0.4, 0.5) is 10.2 Å². The summed E-state index contributed by atoms with van der Waals surface area (Å²) in [5, 5.41) is 3.24. The molecule has 0 aliphatic carbocycles. The average Bonchev–Trinajstić information content (AvgIpc) is 2.40. The Kier molecular flexibility index (Phi) is 4.91. The topological polar surface area (TPSA) is 37.8 Å². The molecule has 0 amide bonds. The van der Waals surface area contributed by atoms with Gasteiger partial charge in [0.1, 0.15) is 11.6 Å². The maximum Gasteiger partial charge on any atom is 0.161 e.